The van der Waals surface area contributed by atoms with Crippen LogP contribution in [0.3, 0.4) is 0 Å². The predicted octanol–water partition coefficient (Wildman–Crippen LogP) is 2.99. The van der Waals surface area contributed by atoms with Crippen molar-refractivity contribution in [2.24, 2.45) is 0 Å². The molecule has 1 saturated heterocycles. The topological polar surface area (TPSA) is 68.3 Å². The molecule has 5 heterocycles. The number of piperidine rings is 1. The van der Waals surface area contributed by atoms with Crippen LogP contribution in [-0.2, 0) is 6.54 Å². The molecule has 1 aliphatic rings. The van der Waals surface area contributed by atoms with Crippen LogP contribution in [0.15, 0.2) is 67.4 Å². The second-order valence-corrected chi connectivity index (χ2v) is 7.41. The number of imidazole rings is 1. The van der Waals surface area contributed by atoms with Crippen molar-refractivity contribution in [2.75, 3.05) is 13.1 Å². The predicted molar refractivity (Wildman–Crippen MR) is 109 cm³/mol. The molecule has 4 aromatic rings. The van der Waals surface area contributed by atoms with Gasteiger partial charge in [-0.05, 0) is 37.1 Å². The first-order valence-electron chi connectivity index (χ1n) is 9.92. The summed E-state index contributed by atoms with van der Waals surface area (Å²) in [6.07, 6.45) is 11.2. The van der Waals surface area contributed by atoms with E-state index in [9.17, 15) is 4.79 Å². The molecule has 1 amide bonds. The number of aromatic nitrogens is 5. The van der Waals surface area contributed by atoms with Crippen molar-refractivity contribution < 1.29 is 4.79 Å². The minimum absolute atomic E-state index is 0.0405. The Balaban J connectivity index is 1.36. The lowest BCUT2D eigenvalue weighted by Gasteiger charge is -2.32. The zero-order chi connectivity index (χ0) is 19.6. The SMILES string of the molecule is O=C(c1cnn2ccccc12)N1CCC[C@@H](c2nccn2Cc2ccccn2)C1. The summed E-state index contributed by atoms with van der Waals surface area (Å²) < 4.78 is 3.89. The van der Waals surface area contributed by atoms with E-state index < -0.39 is 0 Å². The molecule has 0 radical (unpaired) electrons. The van der Waals surface area contributed by atoms with E-state index in [1.54, 1.807) is 10.7 Å². The van der Waals surface area contributed by atoms with Crippen LogP contribution in [-0.4, -0.2) is 48.0 Å². The normalized spacial score (nSPS) is 17.0. The van der Waals surface area contributed by atoms with Crippen LogP contribution >= 0.6 is 0 Å². The molecule has 0 bridgehead atoms. The zero-order valence-corrected chi connectivity index (χ0v) is 16.1. The van der Waals surface area contributed by atoms with E-state index in [1.165, 1.54) is 0 Å². The summed E-state index contributed by atoms with van der Waals surface area (Å²) in [6.45, 7) is 2.12. The van der Waals surface area contributed by atoms with Crippen LogP contribution in [0, 0.1) is 0 Å². The van der Waals surface area contributed by atoms with Crippen LogP contribution < -0.4 is 0 Å². The van der Waals surface area contributed by atoms with Gasteiger partial charge in [-0.3, -0.25) is 9.78 Å². The van der Waals surface area contributed by atoms with E-state index in [2.05, 4.69) is 19.6 Å². The lowest BCUT2D eigenvalue weighted by Crippen LogP contribution is -2.39. The second-order valence-electron chi connectivity index (χ2n) is 7.41. The lowest BCUT2D eigenvalue weighted by molar-refractivity contribution is 0.0705. The molecule has 1 aliphatic heterocycles. The Bertz CT molecular complexity index is 1130. The summed E-state index contributed by atoms with van der Waals surface area (Å²) >= 11 is 0. The highest BCUT2D eigenvalue weighted by molar-refractivity contribution is 6.00. The molecule has 0 aromatic carbocycles. The van der Waals surface area contributed by atoms with Crippen molar-refractivity contribution >= 4 is 11.4 Å². The molecule has 0 saturated carbocycles. The van der Waals surface area contributed by atoms with Gasteiger partial charge in [0.05, 0.1) is 29.5 Å². The second kappa shape index (κ2) is 7.50. The third-order valence-corrected chi connectivity index (χ3v) is 5.54. The smallest absolute Gasteiger partial charge is 0.257 e. The van der Waals surface area contributed by atoms with Crippen LogP contribution in [0.25, 0.3) is 5.52 Å². The minimum Gasteiger partial charge on any atom is -0.338 e. The van der Waals surface area contributed by atoms with Crippen LogP contribution in [0.1, 0.15) is 40.6 Å². The van der Waals surface area contributed by atoms with Gasteiger partial charge < -0.3 is 9.47 Å². The fourth-order valence-electron chi connectivity index (χ4n) is 4.12. The molecule has 5 rings (SSSR count). The zero-order valence-electron chi connectivity index (χ0n) is 16.1. The quantitative estimate of drug-likeness (QED) is 0.541. The van der Waals surface area contributed by atoms with Gasteiger partial charge in [0.1, 0.15) is 5.82 Å². The third-order valence-electron chi connectivity index (χ3n) is 5.54. The highest BCUT2D eigenvalue weighted by atomic mass is 16.2. The van der Waals surface area contributed by atoms with Crippen LogP contribution in [0.2, 0.25) is 0 Å². The Morgan fingerprint density at radius 2 is 2.00 bits per heavy atom. The Kier molecular flexibility index (Phi) is 4.56. The average Bonchev–Trinajstić information content (AvgIpc) is 3.41. The molecule has 0 spiro atoms. The first-order chi connectivity index (χ1) is 14.3. The van der Waals surface area contributed by atoms with E-state index in [0.29, 0.717) is 18.7 Å². The van der Waals surface area contributed by atoms with Crippen molar-refractivity contribution in [3.05, 3.63) is 84.5 Å². The van der Waals surface area contributed by atoms with E-state index in [4.69, 9.17) is 0 Å². The number of carbonyl (C=O) groups is 1. The average molecular weight is 386 g/mol. The monoisotopic (exact) mass is 386 g/mol. The summed E-state index contributed by atoms with van der Waals surface area (Å²) in [4.78, 5) is 24.2. The Hall–Kier alpha value is -3.48. The van der Waals surface area contributed by atoms with Gasteiger partial charge in [-0.2, -0.15) is 5.10 Å². The van der Waals surface area contributed by atoms with Crippen LogP contribution in [0.4, 0.5) is 0 Å². The maximum absolute atomic E-state index is 13.2. The number of pyridine rings is 2. The van der Waals surface area contributed by atoms with E-state index in [0.717, 1.165) is 36.4 Å². The first-order valence-corrected chi connectivity index (χ1v) is 9.92. The van der Waals surface area contributed by atoms with Crippen molar-refractivity contribution in [1.29, 1.82) is 0 Å². The largest absolute Gasteiger partial charge is 0.338 e. The third kappa shape index (κ3) is 3.40. The van der Waals surface area contributed by atoms with Gasteiger partial charge in [-0.15, -0.1) is 0 Å². The summed E-state index contributed by atoms with van der Waals surface area (Å²) in [5.41, 5.74) is 2.50. The summed E-state index contributed by atoms with van der Waals surface area (Å²) in [5, 5.41) is 4.31. The van der Waals surface area contributed by atoms with E-state index >= 15 is 0 Å². The highest BCUT2D eigenvalue weighted by Crippen LogP contribution is 2.27. The number of hydrogen-bond donors (Lipinski definition) is 0. The summed E-state index contributed by atoms with van der Waals surface area (Å²) in [6, 6.07) is 11.7. The molecule has 0 unspecified atom stereocenters. The van der Waals surface area contributed by atoms with Gasteiger partial charge in [0.2, 0.25) is 0 Å². The standard InChI is InChI=1S/C22H22N6O/c29-22(19-14-25-28-12-4-2-8-20(19)28)27-11-5-6-17(15-27)21-24-10-13-26(21)16-18-7-1-3-9-23-18/h1-4,7-10,12-14,17H,5-6,11,15-16H2/t17-/m1/s1. The molecule has 1 fully saturated rings. The van der Waals surface area contributed by atoms with Crippen LogP contribution in [0.5, 0.6) is 0 Å². The fourth-order valence-corrected chi connectivity index (χ4v) is 4.12. The van der Waals surface area contributed by atoms with Crippen molar-refractivity contribution in [1.82, 2.24) is 29.0 Å². The number of likely N-dealkylation sites (tertiary alicyclic amines) is 1. The van der Waals surface area contributed by atoms with Gasteiger partial charge in [0.15, 0.2) is 0 Å². The minimum atomic E-state index is 0.0405. The molecular weight excluding hydrogens is 364 g/mol. The highest BCUT2D eigenvalue weighted by Gasteiger charge is 2.29. The summed E-state index contributed by atoms with van der Waals surface area (Å²) in [7, 11) is 0. The number of nitrogens with zero attached hydrogens (tertiary/aromatic N) is 6. The molecule has 7 heteroatoms. The molecule has 146 valence electrons. The number of amides is 1. The van der Waals surface area contributed by atoms with E-state index in [1.807, 2.05) is 66.1 Å². The molecule has 7 nitrogen and oxygen atoms in total. The van der Waals surface area contributed by atoms with Crippen molar-refractivity contribution in [2.45, 2.75) is 25.3 Å². The number of hydrogen-bond acceptors (Lipinski definition) is 4. The van der Waals surface area contributed by atoms with Gasteiger partial charge in [0.25, 0.3) is 5.91 Å². The molecule has 4 aromatic heterocycles. The molecule has 29 heavy (non-hydrogen) atoms. The Morgan fingerprint density at radius 3 is 2.90 bits per heavy atom. The maximum Gasteiger partial charge on any atom is 0.257 e. The van der Waals surface area contributed by atoms with E-state index in [-0.39, 0.29) is 11.8 Å². The van der Waals surface area contributed by atoms with Crippen molar-refractivity contribution in [3.8, 4) is 0 Å². The molecule has 1 atom stereocenters. The van der Waals surface area contributed by atoms with Gasteiger partial charge in [0, 0.05) is 43.8 Å². The Morgan fingerprint density at radius 1 is 1.07 bits per heavy atom. The maximum atomic E-state index is 13.2. The first kappa shape index (κ1) is 17.6. The fraction of sp³-hybridized carbons (Fsp3) is 0.273. The van der Waals surface area contributed by atoms with Gasteiger partial charge in [-0.25, -0.2) is 9.50 Å². The summed E-state index contributed by atoms with van der Waals surface area (Å²) in [5.74, 6) is 1.28. The van der Waals surface area contributed by atoms with Gasteiger partial charge in [-0.1, -0.05) is 12.1 Å². The van der Waals surface area contributed by atoms with Crippen molar-refractivity contribution in [3.63, 3.8) is 0 Å². The number of carbonyl (C=O) groups excluding carboxylic acids is 1. The molecule has 0 aliphatic carbocycles. The Labute approximate surface area is 168 Å². The molecule has 0 N–H and O–H groups in total. The van der Waals surface area contributed by atoms with Gasteiger partial charge >= 0.3 is 0 Å². The molecular formula is C22H22N6O. The lowest BCUT2D eigenvalue weighted by atomic mass is 9.96. The number of fused-ring (bicyclic) bond motifs is 1. The number of rotatable bonds is 4.